The quantitative estimate of drug-likeness (QED) is 0.618. The minimum Gasteiger partial charge on any atom is -0.382 e. The van der Waals surface area contributed by atoms with Gasteiger partial charge in [0.05, 0.1) is 23.9 Å². The molecule has 1 aromatic heterocycles. The molecular formula is C9H9N3. The van der Waals surface area contributed by atoms with Gasteiger partial charge in [0.15, 0.2) is 0 Å². The number of hydrogen-bond acceptors (Lipinski definition) is 3. The first kappa shape index (κ1) is 7.11. The highest BCUT2D eigenvalue weighted by Gasteiger charge is 2.16. The standard InChI is InChI=1S/C9H9N3/c10-4-7-3-8-1-2-11-6-9(8)12-5-7/h1-2,6-7,12H,3,5H2. The Bertz CT molecular complexity index is 327. The Morgan fingerprint density at radius 1 is 1.67 bits per heavy atom. The molecule has 1 atom stereocenters. The third-order valence-electron chi connectivity index (χ3n) is 2.10. The molecule has 2 heterocycles. The number of aromatic nitrogens is 1. The van der Waals surface area contributed by atoms with E-state index in [2.05, 4.69) is 16.4 Å². The molecule has 3 nitrogen and oxygen atoms in total. The zero-order valence-electron chi connectivity index (χ0n) is 6.62. The molecule has 0 spiro atoms. The number of nitrogens with zero attached hydrogens (tertiary/aromatic N) is 2. The van der Waals surface area contributed by atoms with Crippen molar-refractivity contribution in [3.8, 4) is 6.07 Å². The second-order valence-corrected chi connectivity index (χ2v) is 2.94. The fourth-order valence-corrected chi connectivity index (χ4v) is 1.42. The molecule has 0 saturated heterocycles. The molecule has 0 saturated carbocycles. The molecule has 0 aromatic carbocycles. The van der Waals surface area contributed by atoms with E-state index >= 15 is 0 Å². The van der Waals surface area contributed by atoms with Gasteiger partial charge in [0.2, 0.25) is 0 Å². The monoisotopic (exact) mass is 159 g/mol. The number of pyridine rings is 1. The third-order valence-corrected chi connectivity index (χ3v) is 2.10. The Kier molecular flexibility index (Phi) is 1.67. The second-order valence-electron chi connectivity index (χ2n) is 2.94. The van der Waals surface area contributed by atoms with Gasteiger partial charge in [-0.2, -0.15) is 5.26 Å². The lowest BCUT2D eigenvalue weighted by atomic mass is 9.96. The van der Waals surface area contributed by atoms with E-state index in [1.54, 1.807) is 6.20 Å². The molecule has 0 bridgehead atoms. The van der Waals surface area contributed by atoms with E-state index in [-0.39, 0.29) is 5.92 Å². The van der Waals surface area contributed by atoms with Gasteiger partial charge in [-0.15, -0.1) is 0 Å². The van der Waals surface area contributed by atoms with Crippen LogP contribution < -0.4 is 5.32 Å². The zero-order chi connectivity index (χ0) is 8.39. The zero-order valence-corrected chi connectivity index (χ0v) is 6.62. The maximum atomic E-state index is 8.71. The summed E-state index contributed by atoms with van der Waals surface area (Å²) >= 11 is 0. The van der Waals surface area contributed by atoms with Crippen molar-refractivity contribution in [1.82, 2.24) is 4.98 Å². The lowest BCUT2D eigenvalue weighted by Crippen LogP contribution is -2.21. The molecule has 3 heteroatoms. The predicted octanol–water partition coefficient (Wildman–Crippen LogP) is 1.19. The highest BCUT2D eigenvalue weighted by atomic mass is 14.9. The van der Waals surface area contributed by atoms with E-state index in [1.807, 2.05) is 12.3 Å². The van der Waals surface area contributed by atoms with Gasteiger partial charge in [-0.1, -0.05) is 0 Å². The van der Waals surface area contributed by atoms with Crippen molar-refractivity contribution >= 4 is 5.69 Å². The Morgan fingerprint density at radius 2 is 2.58 bits per heavy atom. The van der Waals surface area contributed by atoms with E-state index in [9.17, 15) is 0 Å². The summed E-state index contributed by atoms with van der Waals surface area (Å²) in [5, 5.41) is 11.9. The first-order valence-corrected chi connectivity index (χ1v) is 3.96. The molecule has 1 unspecified atom stereocenters. The molecule has 1 aromatic rings. The molecule has 1 N–H and O–H groups in total. The van der Waals surface area contributed by atoms with E-state index in [1.165, 1.54) is 5.56 Å². The number of anilines is 1. The SMILES string of the molecule is N#CC1CNc2cnccc2C1. The average molecular weight is 159 g/mol. The van der Waals surface area contributed by atoms with Gasteiger partial charge in [-0.25, -0.2) is 0 Å². The Morgan fingerprint density at radius 3 is 3.42 bits per heavy atom. The molecule has 12 heavy (non-hydrogen) atoms. The number of nitriles is 1. The second kappa shape index (κ2) is 2.82. The summed E-state index contributed by atoms with van der Waals surface area (Å²) in [4.78, 5) is 4.00. The first-order valence-electron chi connectivity index (χ1n) is 3.96. The van der Waals surface area contributed by atoms with E-state index < -0.39 is 0 Å². The van der Waals surface area contributed by atoms with Crippen molar-refractivity contribution in [1.29, 1.82) is 5.26 Å². The summed E-state index contributed by atoms with van der Waals surface area (Å²) in [5.41, 5.74) is 2.27. The fourth-order valence-electron chi connectivity index (χ4n) is 1.42. The van der Waals surface area contributed by atoms with E-state index in [0.717, 1.165) is 18.7 Å². The summed E-state index contributed by atoms with van der Waals surface area (Å²) in [6.07, 6.45) is 4.42. The van der Waals surface area contributed by atoms with Crippen molar-refractivity contribution in [2.24, 2.45) is 5.92 Å². The fraction of sp³-hybridized carbons (Fsp3) is 0.333. The van der Waals surface area contributed by atoms with Crippen molar-refractivity contribution in [3.63, 3.8) is 0 Å². The molecule has 0 aliphatic carbocycles. The smallest absolute Gasteiger partial charge is 0.0677 e. The van der Waals surface area contributed by atoms with Gasteiger partial charge in [-0.3, -0.25) is 4.98 Å². The molecule has 1 aliphatic rings. The van der Waals surface area contributed by atoms with Crippen LogP contribution in [0.1, 0.15) is 5.56 Å². The Hall–Kier alpha value is -1.56. The summed E-state index contributed by atoms with van der Waals surface area (Å²) in [5.74, 6) is 0.111. The van der Waals surface area contributed by atoms with E-state index in [4.69, 9.17) is 5.26 Å². The van der Waals surface area contributed by atoms with Crippen LogP contribution >= 0.6 is 0 Å². The average Bonchev–Trinajstić information content (AvgIpc) is 2.17. The van der Waals surface area contributed by atoms with Crippen LogP contribution in [0.25, 0.3) is 0 Å². The topological polar surface area (TPSA) is 48.7 Å². The van der Waals surface area contributed by atoms with Crippen LogP contribution in [0.2, 0.25) is 0 Å². The minimum absolute atomic E-state index is 0.111. The van der Waals surface area contributed by atoms with Gasteiger partial charge in [-0.05, 0) is 18.1 Å². The summed E-state index contributed by atoms with van der Waals surface area (Å²) in [7, 11) is 0. The van der Waals surface area contributed by atoms with Gasteiger partial charge < -0.3 is 5.32 Å². The van der Waals surface area contributed by atoms with Crippen LogP contribution in [0.3, 0.4) is 0 Å². The molecule has 0 amide bonds. The van der Waals surface area contributed by atoms with Crippen LogP contribution in [0.15, 0.2) is 18.5 Å². The number of nitrogens with one attached hydrogen (secondary N) is 1. The maximum Gasteiger partial charge on any atom is 0.0677 e. The van der Waals surface area contributed by atoms with Crippen molar-refractivity contribution in [2.45, 2.75) is 6.42 Å². The molecule has 0 fully saturated rings. The molecule has 2 rings (SSSR count). The summed E-state index contributed by atoms with van der Waals surface area (Å²) < 4.78 is 0. The summed E-state index contributed by atoms with van der Waals surface area (Å²) in [6, 6.07) is 4.23. The highest BCUT2D eigenvalue weighted by molar-refractivity contribution is 5.51. The van der Waals surface area contributed by atoms with Crippen molar-refractivity contribution in [3.05, 3.63) is 24.0 Å². The molecule has 0 radical (unpaired) electrons. The van der Waals surface area contributed by atoms with Gasteiger partial charge in [0, 0.05) is 12.7 Å². The Labute approximate surface area is 71.0 Å². The molecule has 1 aliphatic heterocycles. The predicted molar refractivity (Wildman–Crippen MR) is 45.5 cm³/mol. The van der Waals surface area contributed by atoms with Crippen molar-refractivity contribution in [2.75, 3.05) is 11.9 Å². The largest absolute Gasteiger partial charge is 0.382 e. The van der Waals surface area contributed by atoms with Gasteiger partial charge >= 0.3 is 0 Å². The highest BCUT2D eigenvalue weighted by Crippen LogP contribution is 2.22. The first-order chi connectivity index (χ1) is 5.90. The van der Waals surface area contributed by atoms with Crippen molar-refractivity contribution < 1.29 is 0 Å². The lowest BCUT2D eigenvalue weighted by molar-refractivity contribution is 0.673. The van der Waals surface area contributed by atoms with Crippen LogP contribution in [0, 0.1) is 17.2 Å². The normalized spacial score (nSPS) is 20.4. The van der Waals surface area contributed by atoms with Gasteiger partial charge in [0.1, 0.15) is 0 Å². The third kappa shape index (κ3) is 1.12. The number of fused-ring (bicyclic) bond motifs is 1. The van der Waals surface area contributed by atoms with E-state index in [0.29, 0.717) is 0 Å². The Balaban J connectivity index is 2.30. The lowest BCUT2D eigenvalue weighted by Gasteiger charge is -2.20. The minimum atomic E-state index is 0.111. The maximum absolute atomic E-state index is 8.71. The molecule has 60 valence electrons. The number of hydrogen-bond donors (Lipinski definition) is 1. The van der Waals surface area contributed by atoms with Crippen LogP contribution in [-0.2, 0) is 6.42 Å². The van der Waals surface area contributed by atoms with Crippen LogP contribution in [0.5, 0.6) is 0 Å². The van der Waals surface area contributed by atoms with Crippen LogP contribution in [0.4, 0.5) is 5.69 Å². The van der Waals surface area contributed by atoms with Crippen LogP contribution in [-0.4, -0.2) is 11.5 Å². The number of rotatable bonds is 0. The molecular weight excluding hydrogens is 150 g/mol. The van der Waals surface area contributed by atoms with Gasteiger partial charge in [0.25, 0.3) is 0 Å². The summed E-state index contributed by atoms with van der Waals surface area (Å²) in [6.45, 7) is 0.745.